The monoisotopic (exact) mass is 388 g/mol. The largest absolute Gasteiger partial charge is 0.321 e. The van der Waals surface area contributed by atoms with Crippen LogP contribution in [0.5, 0.6) is 0 Å². The number of carbonyl (C=O) groups is 1. The molecule has 116 valence electrons. The van der Waals surface area contributed by atoms with Gasteiger partial charge in [0, 0.05) is 11.8 Å². The summed E-state index contributed by atoms with van der Waals surface area (Å²) in [6, 6.07) is 11.0. The molecule has 1 amide bonds. The molecule has 3 aromatic rings. The molecule has 7 heteroatoms. The van der Waals surface area contributed by atoms with Crippen LogP contribution in [0.3, 0.4) is 0 Å². The van der Waals surface area contributed by atoms with Crippen LogP contribution in [0.2, 0.25) is 0 Å². The molecule has 0 atom stereocenters. The zero-order chi connectivity index (χ0) is 16.2. The number of anilines is 1. The maximum absolute atomic E-state index is 12.2. The van der Waals surface area contributed by atoms with Crippen molar-refractivity contribution in [3.63, 3.8) is 0 Å². The number of benzene rings is 1. The summed E-state index contributed by atoms with van der Waals surface area (Å²) in [6.07, 6.45) is 7.18. The van der Waals surface area contributed by atoms with Gasteiger partial charge in [-0.25, -0.2) is 9.67 Å². The van der Waals surface area contributed by atoms with Gasteiger partial charge in [0.1, 0.15) is 0 Å². The van der Waals surface area contributed by atoms with Crippen LogP contribution in [-0.4, -0.2) is 26.9 Å². The highest BCUT2D eigenvalue weighted by molar-refractivity contribution is 9.10. The fourth-order valence-electron chi connectivity index (χ4n) is 1.99. The molecule has 1 aromatic carbocycles. The first-order chi connectivity index (χ1) is 11.2. The van der Waals surface area contributed by atoms with Crippen LogP contribution in [0.25, 0.3) is 5.69 Å². The average Bonchev–Trinajstić information content (AvgIpc) is 3.02. The van der Waals surface area contributed by atoms with Crippen LogP contribution in [0.4, 0.5) is 5.69 Å². The lowest BCUT2D eigenvalue weighted by atomic mass is 10.2. The zero-order valence-corrected chi connectivity index (χ0v) is 14.6. The molecular formula is C16H13BrN4OS. The van der Waals surface area contributed by atoms with Crippen molar-refractivity contribution in [1.82, 2.24) is 14.8 Å². The Labute approximate surface area is 146 Å². The maximum Gasteiger partial charge on any atom is 0.255 e. The third kappa shape index (κ3) is 3.80. The molecule has 0 bridgehead atoms. The van der Waals surface area contributed by atoms with Gasteiger partial charge >= 0.3 is 0 Å². The van der Waals surface area contributed by atoms with E-state index < -0.39 is 0 Å². The summed E-state index contributed by atoms with van der Waals surface area (Å²) >= 11 is 4.92. The molecule has 0 aliphatic rings. The summed E-state index contributed by atoms with van der Waals surface area (Å²) in [6.45, 7) is 0. The van der Waals surface area contributed by atoms with E-state index in [9.17, 15) is 4.79 Å². The number of thioether (sulfide) groups is 1. The number of aromatic nitrogens is 3. The second kappa shape index (κ2) is 6.97. The Morgan fingerprint density at radius 1 is 1.17 bits per heavy atom. The van der Waals surface area contributed by atoms with Crippen LogP contribution in [0.15, 0.2) is 64.5 Å². The maximum atomic E-state index is 12.2. The fourth-order valence-corrected chi connectivity index (χ4v) is 2.63. The number of hydrogen-bond acceptors (Lipinski definition) is 4. The van der Waals surface area contributed by atoms with E-state index >= 15 is 0 Å². The Morgan fingerprint density at radius 2 is 1.96 bits per heavy atom. The first-order valence-electron chi connectivity index (χ1n) is 6.78. The van der Waals surface area contributed by atoms with Crippen molar-refractivity contribution >= 4 is 39.3 Å². The van der Waals surface area contributed by atoms with Crippen molar-refractivity contribution in [2.75, 3.05) is 11.6 Å². The van der Waals surface area contributed by atoms with E-state index in [0.717, 1.165) is 15.2 Å². The average molecular weight is 389 g/mol. The SMILES string of the molecule is CSc1ccc(NC(=O)c2ccc(-n3cc(Br)cn3)cc2)cn1. The zero-order valence-electron chi connectivity index (χ0n) is 12.2. The van der Waals surface area contributed by atoms with Crippen molar-refractivity contribution in [2.45, 2.75) is 5.03 Å². The van der Waals surface area contributed by atoms with Gasteiger partial charge in [-0.15, -0.1) is 11.8 Å². The number of halogens is 1. The highest BCUT2D eigenvalue weighted by Gasteiger charge is 2.07. The molecule has 0 spiro atoms. The Hall–Kier alpha value is -2.12. The van der Waals surface area contributed by atoms with Gasteiger partial charge in [-0.2, -0.15) is 5.10 Å². The predicted octanol–water partition coefficient (Wildman–Crippen LogP) is 4.00. The van der Waals surface area contributed by atoms with E-state index in [1.165, 1.54) is 0 Å². The second-order valence-electron chi connectivity index (χ2n) is 4.69. The van der Waals surface area contributed by atoms with E-state index in [1.54, 1.807) is 41.0 Å². The van der Waals surface area contributed by atoms with E-state index in [1.807, 2.05) is 36.7 Å². The molecule has 0 fully saturated rings. The lowest BCUT2D eigenvalue weighted by Crippen LogP contribution is -2.12. The Kier molecular flexibility index (Phi) is 4.78. The van der Waals surface area contributed by atoms with Gasteiger partial charge in [0.25, 0.3) is 5.91 Å². The first-order valence-corrected chi connectivity index (χ1v) is 8.79. The van der Waals surface area contributed by atoms with Crippen molar-refractivity contribution < 1.29 is 4.79 Å². The second-order valence-corrected chi connectivity index (χ2v) is 6.44. The Morgan fingerprint density at radius 3 is 2.52 bits per heavy atom. The summed E-state index contributed by atoms with van der Waals surface area (Å²) in [4.78, 5) is 16.5. The normalized spacial score (nSPS) is 10.5. The third-order valence-corrected chi connectivity index (χ3v) is 4.22. The standard InChI is InChI=1S/C16H13BrN4OS/c1-23-15-7-4-13(9-18-15)20-16(22)11-2-5-14(6-3-11)21-10-12(17)8-19-21/h2-10H,1H3,(H,20,22). The molecule has 0 saturated carbocycles. The summed E-state index contributed by atoms with van der Waals surface area (Å²) in [5, 5.41) is 7.95. The van der Waals surface area contributed by atoms with Gasteiger partial charge in [0.15, 0.2) is 0 Å². The minimum Gasteiger partial charge on any atom is -0.321 e. The number of carbonyl (C=O) groups excluding carboxylic acids is 1. The van der Waals surface area contributed by atoms with Crippen molar-refractivity contribution in [2.24, 2.45) is 0 Å². The molecule has 1 N–H and O–H groups in total. The van der Waals surface area contributed by atoms with Crippen LogP contribution < -0.4 is 5.32 Å². The molecular weight excluding hydrogens is 376 g/mol. The highest BCUT2D eigenvalue weighted by atomic mass is 79.9. The van der Waals surface area contributed by atoms with E-state index in [-0.39, 0.29) is 5.91 Å². The molecule has 2 aromatic heterocycles. The lowest BCUT2D eigenvalue weighted by Gasteiger charge is -2.06. The van der Waals surface area contributed by atoms with Crippen molar-refractivity contribution in [3.8, 4) is 5.69 Å². The molecule has 0 aliphatic carbocycles. The minimum atomic E-state index is -0.170. The van der Waals surface area contributed by atoms with Crippen LogP contribution in [0.1, 0.15) is 10.4 Å². The molecule has 0 aliphatic heterocycles. The number of amides is 1. The number of hydrogen-bond donors (Lipinski definition) is 1. The smallest absolute Gasteiger partial charge is 0.255 e. The van der Waals surface area contributed by atoms with Gasteiger partial charge < -0.3 is 5.32 Å². The first kappa shape index (κ1) is 15.8. The topological polar surface area (TPSA) is 59.8 Å². The Balaban J connectivity index is 1.72. The predicted molar refractivity (Wildman–Crippen MR) is 95.2 cm³/mol. The van der Waals surface area contributed by atoms with Gasteiger partial charge in [0.2, 0.25) is 0 Å². The summed E-state index contributed by atoms with van der Waals surface area (Å²) in [7, 11) is 0. The third-order valence-electron chi connectivity index (χ3n) is 3.15. The van der Waals surface area contributed by atoms with E-state index in [0.29, 0.717) is 11.3 Å². The lowest BCUT2D eigenvalue weighted by molar-refractivity contribution is 0.102. The van der Waals surface area contributed by atoms with Crippen LogP contribution >= 0.6 is 27.7 Å². The number of nitrogens with one attached hydrogen (secondary N) is 1. The summed E-state index contributed by atoms with van der Waals surface area (Å²) in [5.74, 6) is -0.170. The molecule has 2 heterocycles. The number of rotatable bonds is 4. The molecule has 0 radical (unpaired) electrons. The molecule has 5 nitrogen and oxygen atoms in total. The quantitative estimate of drug-likeness (QED) is 0.686. The summed E-state index contributed by atoms with van der Waals surface area (Å²) in [5.41, 5.74) is 2.14. The Bertz CT molecular complexity index is 815. The number of nitrogens with zero attached hydrogens (tertiary/aromatic N) is 3. The molecule has 0 unspecified atom stereocenters. The van der Waals surface area contributed by atoms with E-state index in [2.05, 4.69) is 31.3 Å². The van der Waals surface area contributed by atoms with E-state index in [4.69, 9.17) is 0 Å². The highest BCUT2D eigenvalue weighted by Crippen LogP contribution is 2.16. The van der Waals surface area contributed by atoms with Crippen LogP contribution in [-0.2, 0) is 0 Å². The molecule has 3 rings (SSSR count). The van der Waals surface area contributed by atoms with Crippen molar-refractivity contribution in [1.29, 1.82) is 0 Å². The minimum absolute atomic E-state index is 0.170. The van der Waals surface area contributed by atoms with Gasteiger partial charge in [-0.1, -0.05) is 0 Å². The number of pyridine rings is 1. The van der Waals surface area contributed by atoms with Crippen molar-refractivity contribution in [3.05, 3.63) is 65.0 Å². The molecule has 23 heavy (non-hydrogen) atoms. The fraction of sp³-hybridized carbons (Fsp3) is 0.0625. The molecule has 0 saturated heterocycles. The van der Waals surface area contributed by atoms with Gasteiger partial charge in [0.05, 0.1) is 33.3 Å². The van der Waals surface area contributed by atoms with Gasteiger partial charge in [-0.3, -0.25) is 4.79 Å². The van der Waals surface area contributed by atoms with Gasteiger partial charge in [-0.05, 0) is 58.6 Å². The van der Waals surface area contributed by atoms with Crippen LogP contribution in [0, 0.1) is 0 Å². The summed E-state index contributed by atoms with van der Waals surface area (Å²) < 4.78 is 2.64.